The first-order chi connectivity index (χ1) is 10.6. The molecule has 1 amide bonds. The molecule has 22 heavy (non-hydrogen) atoms. The van der Waals surface area contributed by atoms with Gasteiger partial charge < -0.3 is 4.90 Å². The van der Waals surface area contributed by atoms with E-state index in [0.29, 0.717) is 29.3 Å². The van der Waals surface area contributed by atoms with Crippen LogP contribution in [0.5, 0.6) is 0 Å². The maximum absolute atomic E-state index is 14.1. The largest absolute Gasteiger partial charge is 0.300 e. The van der Waals surface area contributed by atoms with Crippen molar-refractivity contribution in [3.63, 3.8) is 0 Å². The van der Waals surface area contributed by atoms with Gasteiger partial charge in [0, 0.05) is 30.5 Å². The third-order valence-electron chi connectivity index (χ3n) is 2.90. The Hall–Kier alpha value is -1.54. The van der Waals surface area contributed by atoms with Gasteiger partial charge in [-0.15, -0.1) is 0 Å². The molecule has 0 bridgehead atoms. The summed E-state index contributed by atoms with van der Waals surface area (Å²) >= 11 is 2.58. The summed E-state index contributed by atoms with van der Waals surface area (Å²) in [5, 5.41) is 0.462. The number of amides is 1. The normalized spacial score (nSPS) is 10.7. The maximum Gasteiger partial charge on any atom is 0.248 e. The summed E-state index contributed by atoms with van der Waals surface area (Å²) in [7, 11) is 0. The molecule has 0 saturated heterocycles. The lowest BCUT2D eigenvalue weighted by Gasteiger charge is -2.18. The highest BCUT2D eigenvalue weighted by molar-refractivity contribution is 7.98. The van der Waals surface area contributed by atoms with Crippen LogP contribution in [0.2, 0.25) is 0 Å². The summed E-state index contributed by atoms with van der Waals surface area (Å²) in [6.07, 6.45) is 4.73. The van der Waals surface area contributed by atoms with E-state index < -0.39 is 11.8 Å². The number of nitrogens with zero attached hydrogens (tertiary/aromatic N) is 3. The Labute approximate surface area is 135 Å². The van der Waals surface area contributed by atoms with E-state index in [-0.39, 0.29) is 10.9 Å². The SMILES string of the molecule is CCN(C(=O)CCSC)c1sc(-c2cncc(F)c2)nc1F. The Balaban J connectivity index is 2.30. The fourth-order valence-corrected chi connectivity index (χ4v) is 3.26. The molecule has 0 aliphatic heterocycles. The second kappa shape index (κ2) is 7.64. The number of rotatable bonds is 6. The van der Waals surface area contributed by atoms with E-state index in [9.17, 15) is 13.6 Å². The molecule has 0 spiro atoms. The molecule has 0 aliphatic rings. The van der Waals surface area contributed by atoms with Crippen LogP contribution >= 0.6 is 23.1 Å². The number of carbonyl (C=O) groups is 1. The average Bonchev–Trinajstić information content (AvgIpc) is 2.88. The Morgan fingerprint density at radius 1 is 1.41 bits per heavy atom. The van der Waals surface area contributed by atoms with E-state index in [0.717, 1.165) is 17.5 Å². The number of hydrogen-bond acceptors (Lipinski definition) is 5. The Morgan fingerprint density at radius 2 is 2.18 bits per heavy atom. The molecule has 2 heterocycles. The smallest absolute Gasteiger partial charge is 0.248 e. The van der Waals surface area contributed by atoms with E-state index in [4.69, 9.17) is 0 Å². The highest BCUT2D eigenvalue weighted by Gasteiger charge is 2.22. The van der Waals surface area contributed by atoms with E-state index in [2.05, 4.69) is 9.97 Å². The molecule has 0 aliphatic carbocycles. The van der Waals surface area contributed by atoms with Crippen molar-refractivity contribution < 1.29 is 13.6 Å². The number of thioether (sulfide) groups is 1. The molecule has 2 aromatic heterocycles. The Morgan fingerprint density at radius 3 is 2.82 bits per heavy atom. The number of thiazole rings is 1. The number of pyridine rings is 1. The third-order valence-corrected chi connectivity index (χ3v) is 4.62. The fraction of sp³-hybridized carbons (Fsp3) is 0.357. The van der Waals surface area contributed by atoms with E-state index in [1.807, 2.05) is 6.26 Å². The fourth-order valence-electron chi connectivity index (χ4n) is 1.87. The van der Waals surface area contributed by atoms with Crippen LogP contribution < -0.4 is 4.90 Å². The molecule has 0 fully saturated rings. The lowest BCUT2D eigenvalue weighted by molar-refractivity contribution is -0.118. The highest BCUT2D eigenvalue weighted by Crippen LogP contribution is 2.34. The Bertz CT molecular complexity index is 663. The van der Waals surface area contributed by atoms with Gasteiger partial charge in [-0.2, -0.15) is 16.2 Å². The zero-order chi connectivity index (χ0) is 16.1. The lowest BCUT2D eigenvalue weighted by Crippen LogP contribution is -2.30. The molecule has 4 nitrogen and oxygen atoms in total. The predicted molar refractivity (Wildman–Crippen MR) is 86.3 cm³/mol. The summed E-state index contributed by atoms with van der Waals surface area (Å²) in [6.45, 7) is 2.13. The standard InChI is InChI=1S/C14H15F2N3OS2/c1-3-19(11(20)4-5-21-2)14-12(16)18-13(22-14)9-6-10(15)8-17-7-9/h6-8H,3-5H2,1-2H3. The number of aromatic nitrogens is 2. The highest BCUT2D eigenvalue weighted by atomic mass is 32.2. The quantitative estimate of drug-likeness (QED) is 0.804. The second-order valence-corrected chi connectivity index (χ2v) is 6.35. The molecular formula is C14H15F2N3OS2. The Kier molecular flexibility index (Phi) is 5.84. The molecule has 0 atom stereocenters. The minimum atomic E-state index is -0.719. The zero-order valence-electron chi connectivity index (χ0n) is 12.2. The van der Waals surface area contributed by atoms with E-state index in [1.54, 1.807) is 18.7 Å². The van der Waals surface area contributed by atoms with Crippen LogP contribution in [0, 0.1) is 11.8 Å². The predicted octanol–water partition coefficient (Wildman–Crippen LogP) is 3.59. The minimum Gasteiger partial charge on any atom is -0.300 e. The van der Waals surface area contributed by atoms with Crippen molar-refractivity contribution in [2.75, 3.05) is 23.5 Å². The van der Waals surface area contributed by atoms with Gasteiger partial charge in [0.05, 0.1) is 6.20 Å². The van der Waals surface area contributed by atoms with Crippen LogP contribution in [0.15, 0.2) is 18.5 Å². The molecule has 2 aromatic rings. The monoisotopic (exact) mass is 343 g/mol. The van der Waals surface area contributed by atoms with Gasteiger partial charge in [0.1, 0.15) is 10.8 Å². The molecule has 2 rings (SSSR count). The number of halogens is 2. The van der Waals surface area contributed by atoms with Crippen molar-refractivity contribution in [2.24, 2.45) is 0 Å². The molecule has 0 saturated carbocycles. The van der Waals surface area contributed by atoms with Crippen molar-refractivity contribution in [2.45, 2.75) is 13.3 Å². The molecular weight excluding hydrogens is 328 g/mol. The van der Waals surface area contributed by atoms with Gasteiger partial charge >= 0.3 is 0 Å². The second-order valence-electron chi connectivity index (χ2n) is 4.39. The first-order valence-electron chi connectivity index (χ1n) is 6.63. The van der Waals surface area contributed by atoms with Crippen molar-refractivity contribution in [3.8, 4) is 10.6 Å². The van der Waals surface area contributed by atoms with Crippen molar-refractivity contribution in [1.82, 2.24) is 9.97 Å². The van der Waals surface area contributed by atoms with Crippen molar-refractivity contribution in [3.05, 3.63) is 30.2 Å². The van der Waals surface area contributed by atoms with Crippen LogP contribution in [0.1, 0.15) is 13.3 Å². The molecule has 0 unspecified atom stereocenters. The molecule has 0 radical (unpaired) electrons. The topological polar surface area (TPSA) is 46.1 Å². The first kappa shape index (κ1) is 16.8. The number of carbonyl (C=O) groups excluding carboxylic acids is 1. The molecule has 0 N–H and O–H groups in total. The van der Waals surface area contributed by atoms with Crippen LogP contribution in [-0.4, -0.2) is 34.4 Å². The van der Waals surface area contributed by atoms with Gasteiger partial charge in [-0.1, -0.05) is 11.3 Å². The first-order valence-corrected chi connectivity index (χ1v) is 8.84. The summed E-state index contributed by atoms with van der Waals surface area (Å²) in [4.78, 5) is 21.0. The summed E-state index contributed by atoms with van der Waals surface area (Å²) in [5.74, 6) is -0.707. The van der Waals surface area contributed by atoms with Crippen molar-refractivity contribution >= 4 is 34.0 Å². The van der Waals surface area contributed by atoms with E-state index in [1.165, 1.54) is 17.2 Å². The van der Waals surface area contributed by atoms with Gasteiger partial charge in [-0.05, 0) is 19.2 Å². The molecule has 8 heteroatoms. The zero-order valence-corrected chi connectivity index (χ0v) is 13.8. The third kappa shape index (κ3) is 3.80. The number of anilines is 1. The van der Waals surface area contributed by atoms with E-state index >= 15 is 0 Å². The van der Waals surface area contributed by atoms with Gasteiger partial charge in [-0.25, -0.2) is 9.37 Å². The van der Waals surface area contributed by atoms with Crippen LogP contribution in [-0.2, 0) is 4.79 Å². The van der Waals surface area contributed by atoms with Gasteiger partial charge in [0.15, 0.2) is 5.00 Å². The molecule has 118 valence electrons. The van der Waals surface area contributed by atoms with Gasteiger partial charge in [0.2, 0.25) is 11.9 Å². The van der Waals surface area contributed by atoms with Gasteiger partial charge in [0.25, 0.3) is 0 Å². The summed E-state index contributed by atoms with van der Waals surface area (Å²) < 4.78 is 27.3. The number of hydrogen-bond donors (Lipinski definition) is 0. The molecule has 0 aromatic carbocycles. The summed E-state index contributed by atoms with van der Waals surface area (Å²) in [5.41, 5.74) is 0.391. The van der Waals surface area contributed by atoms with Gasteiger partial charge in [-0.3, -0.25) is 9.78 Å². The minimum absolute atomic E-state index is 0.150. The van der Waals surface area contributed by atoms with Crippen LogP contribution in [0.4, 0.5) is 13.8 Å². The van der Waals surface area contributed by atoms with Crippen LogP contribution in [0.25, 0.3) is 10.6 Å². The summed E-state index contributed by atoms with van der Waals surface area (Å²) in [6, 6.07) is 1.24. The maximum atomic E-state index is 14.1. The lowest BCUT2D eigenvalue weighted by atomic mass is 10.3. The van der Waals surface area contributed by atoms with Crippen LogP contribution in [0.3, 0.4) is 0 Å². The average molecular weight is 343 g/mol. The van der Waals surface area contributed by atoms with Crippen molar-refractivity contribution in [1.29, 1.82) is 0 Å².